The van der Waals surface area contributed by atoms with Crippen LogP contribution in [0, 0.1) is 5.92 Å². The van der Waals surface area contributed by atoms with Crippen LogP contribution in [0.4, 0.5) is 0 Å². The average Bonchev–Trinajstić information content (AvgIpc) is 2.88. The first-order chi connectivity index (χ1) is 11.3. The fourth-order valence-corrected chi connectivity index (χ4v) is 5.97. The highest BCUT2D eigenvalue weighted by atomic mass is 32.2. The van der Waals surface area contributed by atoms with Crippen LogP contribution in [0.2, 0.25) is 0 Å². The van der Waals surface area contributed by atoms with E-state index in [2.05, 4.69) is 48.1 Å². The van der Waals surface area contributed by atoms with Crippen molar-refractivity contribution in [3.8, 4) is 0 Å². The van der Waals surface area contributed by atoms with Gasteiger partial charge in [-0.1, -0.05) is 49.2 Å². The fourth-order valence-electron chi connectivity index (χ4n) is 4.07. The van der Waals surface area contributed by atoms with Gasteiger partial charge in [-0.2, -0.15) is 11.8 Å². The SMILES string of the molecule is CCc1ccc(CCCCCC2CC3CC(=NO)CC2S3)cc1. The van der Waals surface area contributed by atoms with E-state index in [1.54, 1.807) is 0 Å². The Kier molecular flexibility index (Phi) is 6.04. The Bertz CT molecular complexity index is 525. The molecule has 1 N–H and O–H groups in total. The lowest BCUT2D eigenvalue weighted by Gasteiger charge is -2.21. The minimum Gasteiger partial charge on any atom is -0.411 e. The van der Waals surface area contributed by atoms with Gasteiger partial charge in [0.25, 0.3) is 0 Å². The maximum absolute atomic E-state index is 9.01. The summed E-state index contributed by atoms with van der Waals surface area (Å²) in [7, 11) is 0. The number of benzene rings is 1. The molecule has 1 aromatic rings. The molecule has 2 bridgehead atoms. The van der Waals surface area contributed by atoms with E-state index in [-0.39, 0.29) is 0 Å². The minimum absolute atomic E-state index is 0.723. The molecular formula is C20H29NOS. The molecule has 0 aromatic heterocycles. The summed E-state index contributed by atoms with van der Waals surface area (Å²) in [6, 6.07) is 9.13. The van der Waals surface area contributed by atoms with Crippen LogP contribution in [-0.4, -0.2) is 21.4 Å². The summed E-state index contributed by atoms with van der Waals surface area (Å²) in [5, 5.41) is 13.9. The highest BCUT2D eigenvalue weighted by Gasteiger charge is 2.39. The van der Waals surface area contributed by atoms with Crippen LogP contribution in [0.5, 0.6) is 0 Å². The Hall–Kier alpha value is -0.960. The van der Waals surface area contributed by atoms with Crippen LogP contribution in [-0.2, 0) is 12.8 Å². The van der Waals surface area contributed by atoms with Gasteiger partial charge >= 0.3 is 0 Å². The maximum atomic E-state index is 9.01. The van der Waals surface area contributed by atoms with E-state index in [0.717, 1.165) is 41.4 Å². The first-order valence-corrected chi connectivity index (χ1v) is 10.2. The zero-order valence-electron chi connectivity index (χ0n) is 14.2. The molecule has 23 heavy (non-hydrogen) atoms. The van der Waals surface area contributed by atoms with E-state index < -0.39 is 0 Å². The average molecular weight is 332 g/mol. The zero-order valence-corrected chi connectivity index (χ0v) is 15.0. The van der Waals surface area contributed by atoms with Crippen molar-refractivity contribution in [3.05, 3.63) is 35.4 Å². The van der Waals surface area contributed by atoms with Gasteiger partial charge in [-0.05, 0) is 49.1 Å². The van der Waals surface area contributed by atoms with E-state index in [1.165, 1.54) is 49.7 Å². The Morgan fingerprint density at radius 1 is 1.09 bits per heavy atom. The molecular weight excluding hydrogens is 302 g/mol. The molecule has 0 spiro atoms. The lowest BCUT2D eigenvalue weighted by Crippen LogP contribution is -2.19. The van der Waals surface area contributed by atoms with Gasteiger partial charge in [-0.3, -0.25) is 0 Å². The van der Waals surface area contributed by atoms with Crippen LogP contribution in [0.3, 0.4) is 0 Å². The van der Waals surface area contributed by atoms with Gasteiger partial charge in [0, 0.05) is 23.3 Å². The Balaban J connectivity index is 1.34. The molecule has 2 aliphatic heterocycles. The predicted octanol–water partition coefficient (Wildman–Crippen LogP) is 5.47. The molecule has 2 heterocycles. The van der Waals surface area contributed by atoms with Crippen molar-refractivity contribution in [1.82, 2.24) is 0 Å². The van der Waals surface area contributed by atoms with Crippen molar-refractivity contribution in [2.75, 3.05) is 0 Å². The summed E-state index contributed by atoms with van der Waals surface area (Å²) in [6.45, 7) is 2.21. The molecule has 1 aromatic carbocycles. The van der Waals surface area contributed by atoms with Crippen molar-refractivity contribution in [1.29, 1.82) is 0 Å². The monoisotopic (exact) mass is 331 g/mol. The number of fused-ring (bicyclic) bond motifs is 2. The molecule has 0 radical (unpaired) electrons. The molecule has 3 unspecified atom stereocenters. The zero-order chi connectivity index (χ0) is 16.1. The second-order valence-corrected chi connectivity index (χ2v) is 8.68. The number of oxime groups is 1. The second kappa shape index (κ2) is 8.23. The van der Waals surface area contributed by atoms with E-state index in [0.29, 0.717) is 0 Å². The third kappa shape index (κ3) is 4.53. The van der Waals surface area contributed by atoms with Gasteiger partial charge < -0.3 is 5.21 Å². The summed E-state index contributed by atoms with van der Waals surface area (Å²) in [5.74, 6) is 0.855. The van der Waals surface area contributed by atoms with E-state index >= 15 is 0 Å². The fraction of sp³-hybridized carbons (Fsp3) is 0.650. The summed E-state index contributed by atoms with van der Waals surface area (Å²) >= 11 is 2.15. The number of nitrogens with zero attached hydrogens (tertiary/aromatic N) is 1. The lowest BCUT2D eigenvalue weighted by atomic mass is 9.93. The van der Waals surface area contributed by atoms with Crippen molar-refractivity contribution in [2.45, 2.75) is 75.2 Å². The first-order valence-electron chi connectivity index (χ1n) is 9.21. The number of hydrogen-bond acceptors (Lipinski definition) is 3. The van der Waals surface area contributed by atoms with Gasteiger partial charge in [0.05, 0.1) is 5.71 Å². The van der Waals surface area contributed by atoms with Crippen molar-refractivity contribution in [2.24, 2.45) is 11.1 Å². The highest BCUT2D eigenvalue weighted by Crippen LogP contribution is 2.47. The molecule has 3 atom stereocenters. The Morgan fingerprint density at radius 2 is 1.87 bits per heavy atom. The standard InChI is InChI=1S/C20H29NOS/c1-2-15-8-10-16(11-9-15)6-4-3-5-7-17-12-19-13-18(21-22)14-20(17)23-19/h8-11,17,19-20,22H,2-7,12-14H2,1H3. The van der Waals surface area contributed by atoms with Gasteiger partial charge in [-0.15, -0.1) is 0 Å². The number of rotatable bonds is 7. The third-order valence-corrected chi connectivity index (χ3v) is 7.12. The van der Waals surface area contributed by atoms with Crippen LogP contribution in [0.15, 0.2) is 29.4 Å². The molecule has 0 aliphatic carbocycles. The van der Waals surface area contributed by atoms with Gasteiger partial charge in [0.1, 0.15) is 0 Å². The quantitative estimate of drug-likeness (QED) is 0.408. The number of hydrogen-bond donors (Lipinski definition) is 1. The highest BCUT2D eigenvalue weighted by molar-refractivity contribution is 8.00. The minimum atomic E-state index is 0.723. The lowest BCUT2D eigenvalue weighted by molar-refractivity contribution is 0.316. The largest absolute Gasteiger partial charge is 0.411 e. The second-order valence-electron chi connectivity index (χ2n) is 7.14. The smallest absolute Gasteiger partial charge is 0.0592 e. The molecule has 0 amide bonds. The van der Waals surface area contributed by atoms with Gasteiger partial charge in [0.15, 0.2) is 0 Å². The number of unbranched alkanes of at least 4 members (excludes halogenated alkanes) is 2. The summed E-state index contributed by atoms with van der Waals surface area (Å²) < 4.78 is 0. The van der Waals surface area contributed by atoms with Crippen LogP contribution in [0.25, 0.3) is 0 Å². The molecule has 2 nitrogen and oxygen atoms in total. The molecule has 3 heteroatoms. The van der Waals surface area contributed by atoms with Crippen LogP contribution < -0.4 is 0 Å². The topological polar surface area (TPSA) is 32.6 Å². The summed E-state index contributed by atoms with van der Waals surface area (Å²) in [6.07, 6.45) is 11.1. The summed E-state index contributed by atoms with van der Waals surface area (Å²) in [5.41, 5.74) is 3.96. The predicted molar refractivity (Wildman–Crippen MR) is 99.7 cm³/mol. The molecule has 126 valence electrons. The molecule has 2 fully saturated rings. The Morgan fingerprint density at radius 3 is 2.61 bits per heavy atom. The third-order valence-electron chi connectivity index (χ3n) is 5.47. The van der Waals surface area contributed by atoms with Crippen molar-refractivity contribution < 1.29 is 5.21 Å². The van der Waals surface area contributed by atoms with E-state index in [9.17, 15) is 0 Å². The molecule has 3 rings (SSSR count). The molecule has 2 saturated heterocycles. The maximum Gasteiger partial charge on any atom is 0.0592 e. The van der Waals surface area contributed by atoms with Gasteiger partial charge in [-0.25, -0.2) is 0 Å². The number of aryl methyl sites for hydroxylation is 2. The first kappa shape index (κ1) is 16.9. The molecule has 2 aliphatic rings. The summed E-state index contributed by atoms with van der Waals surface area (Å²) in [4.78, 5) is 0. The van der Waals surface area contributed by atoms with Crippen molar-refractivity contribution >= 4 is 17.5 Å². The van der Waals surface area contributed by atoms with Gasteiger partial charge in [0.2, 0.25) is 0 Å². The van der Waals surface area contributed by atoms with Crippen LogP contribution >= 0.6 is 11.8 Å². The normalized spacial score (nSPS) is 28.4. The van der Waals surface area contributed by atoms with E-state index in [4.69, 9.17) is 5.21 Å². The Labute approximate surface area is 144 Å². The van der Waals surface area contributed by atoms with Crippen LogP contribution in [0.1, 0.15) is 63.0 Å². The van der Waals surface area contributed by atoms with E-state index in [1.807, 2.05) is 0 Å². The van der Waals surface area contributed by atoms with Crippen molar-refractivity contribution in [3.63, 3.8) is 0 Å². The number of thioether (sulfide) groups is 1. The molecule has 0 saturated carbocycles.